The van der Waals surface area contributed by atoms with Gasteiger partial charge in [-0.2, -0.15) is 0 Å². The van der Waals surface area contributed by atoms with Crippen LogP contribution in [0.4, 0.5) is 0 Å². The SMILES string of the molecule is O=C(O)CCC(=O)C1=CC=C[C@@H](O)[C@@H]1C(=O)O. The lowest BCUT2D eigenvalue weighted by atomic mass is 9.85. The molecule has 3 N–H and O–H groups in total. The molecule has 0 bridgehead atoms. The number of aliphatic carboxylic acids is 2. The standard InChI is InChI=1S/C11H12O6/c12-7(4-5-9(14)15)6-2-1-3-8(13)10(6)11(16)17/h1-3,8,10,13H,4-5H2,(H,14,15)(H,16,17)/t8-,10-/m1/s1. The molecule has 6 heteroatoms. The van der Waals surface area contributed by atoms with E-state index in [4.69, 9.17) is 10.2 Å². The van der Waals surface area contributed by atoms with Crippen LogP contribution in [0.25, 0.3) is 0 Å². The first-order chi connectivity index (χ1) is 7.93. The maximum atomic E-state index is 11.6. The Morgan fingerprint density at radius 3 is 2.35 bits per heavy atom. The van der Waals surface area contributed by atoms with Crippen LogP contribution in [0.3, 0.4) is 0 Å². The second-order valence-corrected chi connectivity index (χ2v) is 3.63. The summed E-state index contributed by atoms with van der Waals surface area (Å²) in [6.07, 6.45) is 2.07. The van der Waals surface area contributed by atoms with Crippen LogP contribution in [0.5, 0.6) is 0 Å². The molecule has 0 saturated heterocycles. The van der Waals surface area contributed by atoms with Crippen LogP contribution in [0.15, 0.2) is 23.8 Å². The van der Waals surface area contributed by atoms with E-state index in [0.717, 1.165) is 0 Å². The summed E-state index contributed by atoms with van der Waals surface area (Å²) in [6.45, 7) is 0. The van der Waals surface area contributed by atoms with Crippen molar-refractivity contribution < 1.29 is 29.7 Å². The summed E-state index contributed by atoms with van der Waals surface area (Å²) < 4.78 is 0. The number of carbonyl (C=O) groups excluding carboxylic acids is 1. The van der Waals surface area contributed by atoms with Gasteiger partial charge in [0.1, 0.15) is 5.92 Å². The van der Waals surface area contributed by atoms with Gasteiger partial charge >= 0.3 is 11.9 Å². The number of rotatable bonds is 5. The van der Waals surface area contributed by atoms with Gasteiger partial charge in [0.05, 0.1) is 12.5 Å². The average Bonchev–Trinajstić information content (AvgIpc) is 2.24. The lowest BCUT2D eigenvalue weighted by Crippen LogP contribution is -2.33. The minimum atomic E-state index is -1.32. The highest BCUT2D eigenvalue weighted by atomic mass is 16.4. The van der Waals surface area contributed by atoms with Crippen molar-refractivity contribution in [2.75, 3.05) is 0 Å². The number of aliphatic hydroxyl groups excluding tert-OH is 1. The Morgan fingerprint density at radius 1 is 1.18 bits per heavy atom. The van der Waals surface area contributed by atoms with E-state index in [2.05, 4.69) is 0 Å². The van der Waals surface area contributed by atoms with Crippen LogP contribution in [0.1, 0.15) is 12.8 Å². The van der Waals surface area contributed by atoms with E-state index in [1.165, 1.54) is 18.2 Å². The van der Waals surface area contributed by atoms with E-state index >= 15 is 0 Å². The lowest BCUT2D eigenvalue weighted by molar-refractivity contribution is -0.144. The number of allylic oxidation sites excluding steroid dienone is 2. The highest BCUT2D eigenvalue weighted by molar-refractivity contribution is 6.02. The van der Waals surface area contributed by atoms with Gasteiger partial charge in [-0.15, -0.1) is 0 Å². The quantitative estimate of drug-likeness (QED) is 0.622. The molecule has 0 unspecified atom stereocenters. The van der Waals surface area contributed by atoms with E-state index in [0.29, 0.717) is 0 Å². The molecule has 0 amide bonds. The maximum Gasteiger partial charge on any atom is 0.314 e. The highest BCUT2D eigenvalue weighted by Crippen LogP contribution is 2.23. The molecule has 2 atom stereocenters. The molecule has 0 saturated carbocycles. The minimum Gasteiger partial charge on any atom is -0.481 e. The third kappa shape index (κ3) is 3.25. The molecule has 0 aromatic rings. The summed E-state index contributed by atoms with van der Waals surface area (Å²) in [5.41, 5.74) is -0.0613. The van der Waals surface area contributed by atoms with Crippen LogP contribution in [-0.4, -0.2) is 39.1 Å². The third-order valence-corrected chi connectivity index (χ3v) is 2.41. The molecular formula is C11H12O6. The molecule has 92 valence electrons. The van der Waals surface area contributed by atoms with Crippen molar-refractivity contribution >= 4 is 17.7 Å². The summed E-state index contributed by atoms with van der Waals surface area (Å²) in [6, 6.07) is 0. The first-order valence-electron chi connectivity index (χ1n) is 4.97. The number of ketones is 1. The summed E-state index contributed by atoms with van der Waals surface area (Å²) in [5.74, 6) is -4.32. The predicted octanol–water partition coefficient (Wildman–Crippen LogP) is -0.0218. The minimum absolute atomic E-state index is 0.0613. The fourth-order valence-electron chi connectivity index (χ4n) is 1.58. The van der Waals surface area contributed by atoms with Gasteiger partial charge in [0.15, 0.2) is 5.78 Å². The van der Waals surface area contributed by atoms with Crippen molar-refractivity contribution in [1.82, 2.24) is 0 Å². The molecule has 0 radical (unpaired) electrons. The summed E-state index contributed by atoms with van der Waals surface area (Å²) in [7, 11) is 0. The molecule has 1 aliphatic rings. The second kappa shape index (κ2) is 5.40. The Labute approximate surface area is 96.9 Å². The molecular weight excluding hydrogens is 228 g/mol. The average molecular weight is 240 g/mol. The molecule has 0 heterocycles. The molecule has 0 spiro atoms. The Hall–Kier alpha value is -1.95. The first kappa shape index (κ1) is 13.1. The zero-order valence-corrected chi connectivity index (χ0v) is 8.87. The van der Waals surface area contributed by atoms with Gasteiger partial charge in [0.25, 0.3) is 0 Å². The largest absolute Gasteiger partial charge is 0.481 e. The molecule has 0 aliphatic heterocycles. The van der Waals surface area contributed by atoms with Crippen molar-refractivity contribution in [3.63, 3.8) is 0 Å². The van der Waals surface area contributed by atoms with Gasteiger partial charge in [-0.25, -0.2) is 0 Å². The molecule has 1 rings (SSSR count). The predicted molar refractivity (Wildman–Crippen MR) is 56.2 cm³/mol. The van der Waals surface area contributed by atoms with Crippen molar-refractivity contribution in [2.24, 2.45) is 5.92 Å². The van der Waals surface area contributed by atoms with Gasteiger partial charge in [-0.05, 0) is 0 Å². The molecule has 0 fully saturated rings. The molecule has 1 aliphatic carbocycles. The van der Waals surface area contributed by atoms with Gasteiger partial charge in [0, 0.05) is 12.0 Å². The number of Topliss-reactive ketones (excluding diaryl/α,β-unsaturated/α-hetero) is 1. The van der Waals surface area contributed by atoms with E-state index in [9.17, 15) is 19.5 Å². The normalized spacial score (nSPS) is 23.0. The van der Waals surface area contributed by atoms with E-state index in [1.54, 1.807) is 0 Å². The highest BCUT2D eigenvalue weighted by Gasteiger charge is 2.33. The number of hydrogen-bond acceptors (Lipinski definition) is 4. The van der Waals surface area contributed by atoms with Crippen LogP contribution >= 0.6 is 0 Å². The van der Waals surface area contributed by atoms with Crippen LogP contribution in [0, 0.1) is 5.92 Å². The third-order valence-electron chi connectivity index (χ3n) is 2.41. The number of hydrogen-bond donors (Lipinski definition) is 3. The van der Waals surface area contributed by atoms with Gasteiger partial charge in [-0.3, -0.25) is 14.4 Å². The number of aliphatic hydroxyl groups is 1. The lowest BCUT2D eigenvalue weighted by Gasteiger charge is -2.21. The fraction of sp³-hybridized carbons (Fsp3) is 0.364. The number of carboxylic acid groups (broad SMARTS) is 2. The van der Waals surface area contributed by atoms with Crippen molar-refractivity contribution in [2.45, 2.75) is 18.9 Å². The second-order valence-electron chi connectivity index (χ2n) is 3.63. The van der Waals surface area contributed by atoms with Crippen LogP contribution in [-0.2, 0) is 14.4 Å². The maximum absolute atomic E-state index is 11.6. The van der Waals surface area contributed by atoms with Gasteiger partial charge in [0.2, 0.25) is 0 Å². The Balaban J connectivity index is 2.82. The Morgan fingerprint density at radius 2 is 1.82 bits per heavy atom. The van der Waals surface area contributed by atoms with Gasteiger partial charge < -0.3 is 15.3 Å². The zero-order chi connectivity index (χ0) is 13.0. The Kier molecular flexibility index (Phi) is 4.17. The monoisotopic (exact) mass is 240 g/mol. The smallest absolute Gasteiger partial charge is 0.314 e. The first-order valence-corrected chi connectivity index (χ1v) is 4.97. The van der Waals surface area contributed by atoms with Gasteiger partial charge in [-0.1, -0.05) is 18.2 Å². The topological polar surface area (TPSA) is 112 Å². The molecule has 6 nitrogen and oxygen atoms in total. The molecule has 0 aromatic heterocycles. The Bertz CT molecular complexity index is 406. The summed E-state index contributed by atoms with van der Waals surface area (Å²) >= 11 is 0. The van der Waals surface area contributed by atoms with Crippen molar-refractivity contribution in [3.05, 3.63) is 23.8 Å². The zero-order valence-electron chi connectivity index (χ0n) is 8.87. The van der Waals surface area contributed by atoms with E-state index in [1.807, 2.05) is 0 Å². The summed E-state index contributed by atoms with van der Waals surface area (Å²) in [4.78, 5) is 32.9. The number of carbonyl (C=O) groups is 3. The molecule has 17 heavy (non-hydrogen) atoms. The van der Waals surface area contributed by atoms with Crippen molar-refractivity contribution in [3.8, 4) is 0 Å². The molecule has 0 aromatic carbocycles. The van der Waals surface area contributed by atoms with Crippen molar-refractivity contribution in [1.29, 1.82) is 0 Å². The van der Waals surface area contributed by atoms with E-state index in [-0.39, 0.29) is 18.4 Å². The number of carboxylic acids is 2. The van der Waals surface area contributed by atoms with Crippen LogP contribution in [0.2, 0.25) is 0 Å². The van der Waals surface area contributed by atoms with Crippen LogP contribution < -0.4 is 0 Å². The van der Waals surface area contributed by atoms with E-state index < -0.39 is 29.7 Å². The summed E-state index contributed by atoms with van der Waals surface area (Å²) in [5, 5.41) is 26.8. The fourth-order valence-corrected chi connectivity index (χ4v) is 1.58.